The predicted octanol–water partition coefficient (Wildman–Crippen LogP) is 0.997. The molecule has 0 heterocycles. The summed E-state index contributed by atoms with van der Waals surface area (Å²) in [5, 5.41) is 0. The Bertz CT molecular complexity index is 257. The Labute approximate surface area is 98.1 Å². The minimum Gasteiger partial charge on any atom is -0.383 e. The van der Waals surface area contributed by atoms with Crippen molar-refractivity contribution in [1.29, 1.82) is 0 Å². The van der Waals surface area contributed by atoms with E-state index in [1.54, 1.807) is 12.0 Å². The van der Waals surface area contributed by atoms with Crippen molar-refractivity contribution in [1.82, 2.24) is 4.90 Å². The Kier molecular flexibility index (Phi) is 4.33. The summed E-state index contributed by atoms with van der Waals surface area (Å²) in [4.78, 5) is 14.2. The van der Waals surface area contributed by atoms with E-state index in [2.05, 4.69) is 0 Å². The van der Waals surface area contributed by atoms with Crippen LogP contribution >= 0.6 is 0 Å². The zero-order valence-electron chi connectivity index (χ0n) is 10.8. The van der Waals surface area contributed by atoms with E-state index in [0.717, 1.165) is 19.3 Å². The molecule has 1 amide bonds. The lowest BCUT2D eigenvalue weighted by atomic mass is 9.83. The molecule has 0 aliphatic heterocycles. The van der Waals surface area contributed by atoms with E-state index in [4.69, 9.17) is 10.5 Å². The average Bonchev–Trinajstić information content (AvgIpc) is 2.59. The summed E-state index contributed by atoms with van der Waals surface area (Å²) in [5.74, 6) is 0.155. The van der Waals surface area contributed by atoms with E-state index in [-0.39, 0.29) is 23.4 Å². The smallest absolute Gasteiger partial charge is 0.230 e. The molecular formula is C12H24N2O2. The third kappa shape index (κ3) is 2.38. The number of amides is 1. The van der Waals surface area contributed by atoms with Crippen LogP contribution in [-0.2, 0) is 9.53 Å². The van der Waals surface area contributed by atoms with Gasteiger partial charge >= 0.3 is 0 Å². The second-order valence-corrected chi connectivity index (χ2v) is 5.14. The Morgan fingerprint density at radius 2 is 2.31 bits per heavy atom. The van der Waals surface area contributed by atoms with E-state index >= 15 is 0 Å². The third-order valence-electron chi connectivity index (χ3n) is 3.91. The Balaban J connectivity index is 2.69. The lowest BCUT2D eigenvalue weighted by Gasteiger charge is -2.35. The molecule has 16 heavy (non-hydrogen) atoms. The van der Waals surface area contributed by atoms with Gasteiger partial charge in [-0.25, -0.2) is 0 Å². The number of likely N-dealkylation sites (N-methyl/N-ethyl adjacent to an activating group) is 1. The number of carbonyl (C=O) groups excluding carboxylic acids is 1. The van der Waals surface area contributed by atoms with Crippen LogP contribution in [0.1, 0.15) is 33.1 Å². The fourth-order valence-corrected chi connectivity index (χ4v) is 2.41. The maximum absolute atomic E-state index is 12.4. The maximum atomic E-state index is 12.4. The van der Waals surface area contributed by atoms with Gasteiger partial charge in [0.15, 0.2) is 0 Å². The largest absolute Gasteiger partial charge is 0.383 e. The molecule has 2 N–H and O–H groups in total. The van der Waals surface area contributed by atoms with Gasteiger partial charge in [0, 0.05) is 20.2 Å². The van der Waals surface area contributed by atoms with Crippen LogP contribution in [0.3, 0.4) is 0 Å². The van der Waals surface area contributed by atoms with Crippen LogP contribution < -0.4 is 5.73 Å². The molecule has 0 bridgehead atoms. The molecule has 3 atom stereocenters. The van der Waals surface area contributed by atoms with Gasteiger partial charge in [0.25, 0.3) is 0 Å². The van der Waals surface area contributed by atoms with Crippen molar-refractivity contribution in [3.05, 3.63) is 0 Å². The average molecular weight is 228 g/mol. The van der Waals surface area contributed by atoms with E-state index in [1.807, 2.05) is 20.9 Å². The molecule has 0 saturated heterocycles. The van der Waals surface area contributed by atoms with Gasteiger partial charge in [-0.1, -0.05) is 6.42 Å². The highest BCUT2D eigenvalue weighted by atomic mass is 16.5. The van der Waals surface area contributed by atoms with Crippen molar-refractivity contribution in [2.24, 2.45) is 11.1 Å². The first-order valence-corrected chi connectivity index (χ1v) is 5.95. The molecule has 1 rings (SSSR count). The molecule has 4 heteroatoms. The van der Waals surface area contributed by atoms with E-state index in [0.29, 0.717) is 6.61 Å². The highest BCUT2D eigenvalue weighted by Gasteiger charge is 2.44. The number of ether oxygens (including phenoxy) is 1. The summed E-state index contributed by atoms with van der Waals surface area (Å²) in [6.45, 7) is 4.54. The van der Waals surface area contributed by atoms with E-state index in [9.17, 15) is 4.79 Å². The van der Waals surface area contributed by atoms with Crippen molar-refractivity contribution in [2.45, 2.75) is 45.2 Å². The van der Waals surface area contributed by atoms with Gasteiger partial charge in [-0.05, 0) is 26.7 Å². The van der Waals surface area contributed by atoms with Crippen LogP contribution in [0.25, 0.3) is 0 Å². The number of methoxy groups -OCH3 is 1. The quantitative estimate of drug-likeness (QED) is 0.781. The summed E-state index contributed by atoms with van der Waals surface area (Å²) in [7, 11) is 3.49. The lowest BCUT2D eigenvalue weighted by Crippen LogP contribution is -2.51. The van der Waals surface area contributed by atoms with Crippen molar-refractivity contribution in [3.8, 4) is 0 Å². The number of hydrogen-bond acceptors (Lipinski definition) is 3. The van der Waals surface area contributed by atoms with Gasteiger partial charge in [-0.15, -0.1) is 0 Å². The summed E-state index contributed by atoms with van der Waals surface area (Å²) >= 11 is 0. The molecule has 0 radical (unpaired) electrons. The first-order valence-electron chi connectivity index (χ1n) is 5.95. The van der Waals surface area contributed by atoms with Crippen molar-refractivity contribution < 1.29 is 9.53 Å². The van der Waals surface area contributed by atoms with Crippen LogP contribution in [0.2, 0.25) is 0 Å². The van der Waals surface area contributed by atoms with Gasteiger partial charge in [0.2, 0.25) is 5.91 Å². The molecule has 1 fully saturated rings. The number of carbonyl (C=O) groups is 1. The molecule has 94 valence electrons. The fraction of sp³-hybridized carbons (Fsp3) is 0.917. The van der Waals surface area contributed by atoms with Crippen molar-refractivity contribution in [3.63, 3.8) is 0 Å². The molecule has 0 aromatic rings. The topological polar surface area (TPSA) is 55.6 Å². The van der Waals surface area contributed by atoms with Gasteiger partial charge in [-0.3, -0.25) is 4.79 Å². The van der Waals surface area contributed by atoms with Crippen LogP contribution in [0.4, 0.5) is 0 Å². The van der Waals surface area contributed by atoms with Gasteiger partial charge in [0.1, 0.15) is 0 Å². The normalized spacial score (nSPS) is 31.4. The predicted molar refractivity (Wildman–Crippen MR) is 64.0 cm³/mol. The van der Waals surface area contributed by atoms with E-state index in [1.165, 1.54) is 0 Å². The number of rotatable bonds is 4. The second kappa shape index (κ2) is 5.15. The zero-order valence-corrected chi connectivity index (χ0v) is 10.8. The van der Waals surface area contributed by atoms with Crippen molar-refractivity contribution >= 4 is 5.91 Å². The van der Waals surface area contributed by atoms with Crippen LogP contribution in [0.5, 0.6) is 0 Å². The summed E-state index contributed by atoms with van der Waals surface area (Å²) in [6.07, 6.45) is 2.90. The van der Waals surface area contributed by atoms with Gasteiger partial charge in [-0.2, -0.15) is 0 Å². The molecule has 3 unspecified atom stereocenters. The highest BCUT2D eigenvalue weighted by Crippen LogP contribution is 2.38. The SMILES string of the molecule is COCC(C)N(C)C(=O)C1(C)CCCC1N. The molecule has 1 aliphatic rings. The van der Waals surface area contributed by atoms with Gasteiger partial charge < -0.3 is 15.4 Å². The van der Waals surface area contributed by atoms with Crippen molar-refractivity contribution in [2.75, 3.05) is 20.8 Å². The standard InChI is InChI=1S/C12H24N2O2/c1-9(8-16-4)14(3)11(15)12(2)7-5-6-10(12)13/h9-10H,5-8,13H2,1-4H3. The lowest BCUT2D eigenvalue weighted by molar-refractivity contribution is -0.143. The van der Waals surface area contributed by atoms with Crippen LogP contribution in [-0.4, -0.2) is 43.7 Å². The zero-order chi connectivity index (χ0) is 12.3. The highest BCUT2D eigenvalue weighted by molar-refractivity contribution is 5.83. The Hall–Kier alpha value is -0.610. The minimum absolute atomic E-state index is 0.00260. The fourth-order valence-electron chi connectivity index (χ4n) is 2.41. The van der Waals surface area contributed by atoms with E-state index < -0.39 is 0 Å². The summed E-state index contributed by atoms with van der Waals surface area (Å²) < 4.78 is 5.07. The summed E-state index contributed by atoms with van der Waals surface area (Å²) in [5.41, 5.74) is 5.67. The molecule has 0 spiro atoms. The first-order chi connectivity index (χ1) is 7.43. The number of hydrogen-bond donors (Lipinski definition) is 1. The third-order valence-corrected chi connectivity index (χ3v) is 3.91. The molecule has 0 aromatic heterocycles. The number of nitrogens with zero attached hydrogens (tertiary/aromatic N) is 1. The minimum atomic E-state index is -0.378. The van der Waals surface area contributed by atoms with Crippen LogP contribution in [0, 0.1) is 5.41 Å². The molecular weight excluding hydrogens is 204 g/mol. The first kappa shape index (κ1) is 13.5. The van der Waals surface area contributed by atoms with Crippen LogP contribution in [0.15, 0.2) is 0 Å². The summed E-state index contributed by atoms with van der Waals surface area (Å²) in [6, 6.07) is 0.0966. The molecule has 4 nitrogen and oxygen atoms in total. The Morgan fingerprint density at radius 1 is 1.69 bits per heavy atom. The van der Waals surface area contributed by atoms with Gasteiger partial charge in [0.05, 0.1) is 18.1 Å². The second-order valence-electron chi connectivity index (χ2n) is 5.14. The molecule has 1 saturated carbocycles. The monoisotopic (exact) mass is 228 g/mol. The molecule has 0 aromatic carbocycles. The number of nitrogens with two attached hydrogens (primary N) is 1. The Morgan fingerprint density at radius 3 is 2.75 bits per heavy atom. The maximum Gasteiger partial charge on any atom is 0.230 e. The molecule has 1 aliphatic carbocycles.